The van der Waals surface area contributed by atoms with Crippen LogP contribution >= 0.6 is 11.3 Å². The molecule has 1 aromatic heterocycles. The van der Waals surface area contributed by atoms with Crippen molar-refractivity contribution in [3.05, 3.63) is 11.1 Å². The van der Waals surface area contributed by atoms with Crippen LogP contribution in [0.1, 0.15) is 39.3 Å². The number of nitrogens with zero attached hydrogens (tertiary/aromatic N) is 2. The minimum atomic E-state index is -0.460. The van der Waals surface area contributed by atoms with E-state index in [1.54, 1.807) is 0 Å². The first-order valence-electron chi connectivity index (χ1n) is 7.86. The summed E-state index contributed by atoms with van der Waals surface area (Å²) in [5.41, 5.74) is 6.78. The highest BCUT2D eigenvalue weighted by molar-refractivity contribution is 7.13. The van der Waals surface area contributed by atoms with Gasteiger partial charge in [-0.2, -0.15) is 0 Å². The molecule has 3 N–H and O–H groups in total. The Labute approximate surface area is 136 Å². The second-order valence-electron chi connectivity index (χ2n) is 5.98. The normalized spacial score (nSPS) is 24.2. The van der Waals surface area contributed by atoms with Crippen molar-refractivity contribution in [3.63, 3.8) is 0 Å². The molecule has 2 rings (SSSR count). The average Bonchev–Trinajstić information content (AvgIpc) is 2.84. The van der Waals surface area contributed by atoms with Crippen LogP contribution in [0.15, 0.2) is 5.38 Å². The third-order valence-electron chi connectivity index (χ3n) is 3.60. The molecule has 0 aromatic carbocycles. The number of rotatable bonds is 6. The molecule has 0 bridgehead atoms. The molecular formula is C15H26N4O2S. The number of carbonyl (C=O) groups excluding carboxylic acids is 1. The lowest BCUT2D eigenvalue weighted by atomic mass is 10.2. The number of hydrogen-bond donors (Lipinski definition) is 2. The summed E-state index contributed by atoms with van der Waals surface area (Å²) in [5, 5.41) is 5.42. The van der Waals surface area contributed by atoms with Crippen LogP contribution in [-0.4, -0.2) is 47.1 Å². The van der Waals surface area contributed by atoms with Gasteiger partial charge < -0.3 is 15.8 Å². The summed E-state index contributed by atoms with van der Waals surface area (Å²) in [7, 11) is 0. The van der Waals surface area contributed by atoms with Crippen molar-refractivity contribution in [3.8, 4) is 0 Å². The monoisotopic (exact) mass is 326 g/mol. The van der Waals surface area contributed by atoms with E-state index in [0.29, 0.717) is 11.6 Å². The molecule has 1 fully saturated rings. The summed E-state index contributed by atoms with van der Waals surface area (Å²) in [6.45, 7) is 8.79. The summed E-state index contributed by atoms with van der Waals surface area (Å²) in [4.78, 5) is 18.7. The Hall–Kier alpha value is -1.02. The SMILES string of the molecule is CCCC(N)C(=O)Nc1nc(CN2CC(C)OC(C)C2)cs1. The van der Waals surface area contributed by atoms with Crippen molar-refractivity contribution in [2.45, 2.75) is 58.4 Å². The number of morpholine rings is 1. The maximum absolute atomic E-state index is 11.9. The molecular weight excluding hydrogens is 300 g/mol. The Kier molecular flexibility index (Phi) is 6.31. The smallest absolute Gasteiger partial charge is 0.243 e. The number of carbonyl (C=O) groups is 1. The van der Waals surface area contributed by atoms with Gasteiger partial charge in [0.1, 0.15) is 0 Å². The molecule has 1 aliphatic heterocycles. The van der Waals surface area contributed by atoms with Crippen molar-refractivity contribution in [2.24, 2.45) is 5.73 Å². The third kappa shape index (κ3) is 5.01. The van der Waals surface area contributed by atoms with E-state index in [4.69, 9.17) is 10.5 Å². The highest BCUT2D eigenvalue weighted by Gasteiger charge is 2.23. The number of nitrogens with two attached hydrogens (primary N) is 1. The lowest BCUT2D eigenvalue weighted by molar-refractivity contribution is -0.117. The van der Waals surface area contributed by atoms with Crippen molar-refractivity contribution < 1.29 is 9.53 Å². The van der Waals surface area contributed by atoms with Crippen LogP contribution in [0.4, 0.5) is 5.13 Å². The molecule has 6 nitrogen and oxygen atoms in total. The van der Waals surface area contributed by atoms with E-state index in [1.165, 1.54) is 11.3 Å². The number of hydrogen-bond acceptors (Lipinski definition) is 6. The van der Waals surface area contributed by atoms with Gasteiger partial charge in [0.25, 0.3) is 0 Å². The van der Waals surface area contributed by atoms with E-state index in [0.717, 1.165) is 31.7 Å². The van der Waals surface area contributed by atoms with Gasteiger partial charge in [-0.1, -0.05) is 13.3 Å². The maximum Gasteiger partial charge on any atom is 0.243 e. The number of nitrogens with one attached hydrogen (secondary N) is 1. The lowest BCUT2D eigenvalue weighted by Gasteiger charge is -2.34. The van der Waals surface area contributed by atoms with Crippen LogP contribution in [0.5, 0.6) is 0 Å². The third-order valence-corrected chi connectivity index (χ3v) is 4.41. The molecule has 2 heterocycles. The van der Waals surface area contributed by atoms with E-state index < -0.39 is 6.04 Å². The minimum absolute atomic E-state index is 0.156. The van der Waals surface area contributed by atoms with Crippen LogP contribution in [0.25, 0.3) is 0 Å². The van der Waals surface area contributed by atoms with Gasteiger partial charge in [0.05, 0.1) is 23.9 Å². The Bertz CT molecular complexity index is 484. The van der Waals surface area contributed by atoms with Gasteiger partial charge in [-0.05, 0) is 20.3 Å². The van der Waals surface area contributed by atoms with Gasteiger partial charge >= 0.3 is 0 Å². The number of thiazole rings is 1. The maximum atomic E-state index is 11.9. The van der Waals surface area contributed by atoms with Gasteiger partial charge in [0, 0.05) is 25.0 Å². The van der Waals surface area contributed by atoms with Crippen LogP contribution in [0.3, 0.4) is 0 Å². The fraction of sp³-hybridized carbons (Fsp3) is 0.733. The Morgan fingerprint density at radius 2 is 2.23 bits per heavy atom. The summed E-state index contributed by atoms with van der Waals surface area (Å²) in [6.07, 6.45) is 2.07. The molecule has 0 radical (unpaired) electrons. The van der Waals surface area contributed by atoms with E-state index in [1.807, 2.05) is 12.3 Å². The zero-order valence-corrected chi connectivity index (χ0v) is 14.4. The first-order valence-corrected chi connectivity index (χ1v) is 8.74. The summed E-state index contributed by atoms with van der Waals surface area (Å²) in [6, 6.07) is -0.460. The van der Waals surface area contributed by atoms with E-state index in [9.17, 15) is 4.79 Å². The zero-order chi connectivity index (χ0) is 16.1. The molecule has 0 saturated carbocycles. The number of ether oxygens (including phenoxy) is 1. The fourth-order valence-electron chi connectivity index (χ4n) is 2.72. The fourth-order valence-corrected chi connectivity index (χ4v) is 3.42. The largest absolute Gasteiger partial charge is 0.373 e. The van der Waals surface area contributed by atoms with E-state index in [2.05, 4.69) is 29.0 Å². The van der Waals surface area contributed by atoms with Crippen molar-refractivity contribution >= 4 is 22.4 Å². The van der Waals surface area contributed by atoms with Gasteiger partial charge in [0.15, 0.2) is 5.13 Å². The van der Waals surface area contributed by atoms with Gasteiger partial charge in [-0.25, -0.2) is 4.98 Å². The van der Waals surface area contributed by atoms with Gasteiger partial charge in [-0.3, -0.25) is 9.69 Å². The van der Waals surface area contributed by atoms with Crippen LogP contribution in [-0.2, 0) is 16.1 Å². The molecule has 0 aliphatic carbocycles. The predicted octanol–water partition coefficient (Wildman–Crippen LogP) is 1.82. The summed E-state index contributed by atoms with van der Waals surface area (Å²) >= 11 is 1.45. The molecule has 0 spiro atoms. The first-order chi connectivity index (χ1) is 10.5. The highest BCUT2D eigenvalue weighted by Crippen LogP contribution is 2.19. The Morgan fingerprint density at radius 1 is 1.55 bits per heavy atom. The molecule has 3 unspecified atom stereocenters. The quantitative estimate of drug-likeness (QED) is 0.833. The molecule has 1 amide bonds. The average molecular weight is 326 g/mol. The predicted molar refractivity (Wildman–Crippen MR) is 88.9 cm³/mol. The second-order valence-corrected chi connectivity index (χ2v) is 6.84. The molecule has 7 heteroatoms. The van der Waals surface area contributed by atoms with Crippen molar-refractivity contribution in [1.82, 2.24) is 9.88 Å². The molecule has 1 aliphatic rings. The second kappa shape index (κ2) is 8.01. The van der Waals surface area contributed by atoms with Crippen LogP contribution < -0.4 is 11.1 Å². The van der Waals surface area contributed by atoms with Gasteiger partial charge in [0.2, 0.25) is 5.91 Å². The Morgan fingerprint density at radius 3 is 2.86 bits per heavy atom. The standard InChI is InChI=1S/C15H26N4O2S/c1-4-5-13(16)14(20)18-15-17-12(9-22-15)8-19-6-10(2)21-11(3)7-19/h9-11,13H,4-8,16H2,1-3H3,(H,17,18,20). The molecule has 1 aromatic rings. The van der Waals surface area contributed by atoms with Gasteiger partial charge in [-0.15, -0.1) is 11.3 Å². The molecule has 3 atom stereocenters. The minimum Gasteiger partial charge on any atom is -0.373 e. The van der Waals surface area contributed by atoms with Crippen molar-refractivity contribution in [1.29, 1.82) is 0 Å². The lowest BCUT2D eigenvalue weighted by Crippen LogP contribution is -2.44. The topological polar surface area (TPSA) is 80.5 Å². The van der Waals surface area contributed by atoms with E-state index in [-0.39, 0.29) is 18.1 Å². The highest BCUT2D eigenvalue weighted by atomic mass is 32.1. The molecule has 22 heavy (non-hydrogen) atoms. The number of aromatic nitrogens is 1. The Balaban J connectivity index is 1.87. The van der Waals surface area contributed by atoms with Crippen molar-refractivity contribution in [2.75, 3.05) is 18.4 Å². The summed E-state index contributed by atoms with van der Waals surface area (Å²) in [5.74, 6) is -0.156. The van der Waals surface area contributed by atoms with E-state index >= 15 is 0 Å². The van der Waals surface area contributed by atoms with Crippen LogP contribution in [0.2, 0.25) is 0 Å². The summed E-state index contributed by atoms with van der Waals surface area (Å²) < 4.78 is 5.73. The number of amides is 1. The molecule has 124 valence electrons. The number of anilines is 1. The molecule has 1 saturated heterocycles. The first kappa shape index (κ1) is 17.3. The van der Waals surface area contributed by atoms with Crippen LogP contribution in [0, 0.1) is 0 Å². The zero-order valence-electron chi connectivity index (χ0n) is 13.5.